The van der Waals surface area contributed by atoms with E-state index in [1.54, 1.807) is 12.1 Å². The maximum absolute atomic E-state index is 12.2. The molecule has 2 atom stereocenters. The molecule has 0 heterocycles. The Labute approximate surface area is 136 Å². The van der Waals surface area contributed by atoms with E-state index in [2.05, 4.69) is 17.0 Å². The molecule has 1 fully saturated rings. The van der Waals surface area contributed by atoms with Crippen molar-refractivity contribution in [3.05, 3.63) is 29.8 Å². The number of carbonyl (C=O) groups is 1. The van der Waals surface area contributed by atoms with Crippen LogP contribution in [-0.4, -0.2) is 18.6 Å². The van der Waals surface area contributed by atoms with Crippen molar-refractivity contribution in [2.75, 3.05) is 0 Å². The van der Waals surface area contributed by atoms with Gasteiger partial charge in [-0.3, -0.25) is 4.79 Å². The van der Waals surface area contributed by atoms with Gasteiger partial charge in [-0.15, -0.1) is 0 Å². The minimum Gasteiger partial charge on any atom is -0.435 e. The molecular formula is C18H25F2NO2. The largest absolute Gasteiger partial charge is 0.435 e. The number of benzene rings is 1. The van der Waals surface area contributed by atoms with Gasteiger partial charge >= 0.3 is 6.61 Å². The van der Waals surface area contributed by atoms with Gasteiger partial charge in [-0.25, -0.2) is 0 Å². The smallest absolute Gasteiger partial charge is 0.387 e. The van der Waals surface area contributed by atoms with Crippen LogP contribution < -0.4 is 10.1 Å². The molecule has 0 aromatic heterocycles. The van der Waals surface area contributed by atoms with Crippen molar-refractivity contribution in [3.63, 3.8) is 0 Å². The Hall–Kier alpha value is -1.65. The summed E-state index contributed by atoms with van der Waals surface area (Å²) >= 11 is 0. The van der Waals surface area contributed by atoms with Crippen LogP contribution in [0.2, 0.25) is 0 Å². The summed E-state index contributed by atoms with van der Waals surface area (Å²) in [6, 6.07) is 6.53. The van der Waals surface area contributed by atoms with Crippen molar-refractivity contribution in [2.24, 2.45) is 5.92 Å². The number of alkyl halides is 2. The molecule has 2 unspecified atom stereocenters. The topological polar surface area (TPSA) is 38.3 Å². The van der Waals surface area contributed by atoms with E-state index < -0.39 is 6.61 Å². The third-order valence-corrected chi connectivity index (χ3v) is 4.45. The Kier molecular flexibility index (Phi) is 6.81. The lowest BCUT2D eigenvalue weighted by Crippen LogP contribution is -2.38. The summed E-state index contributed by atoms with van der Waals surface area (Å²) in [4.78, 5) is 12.2. The number of nitrogens with one attached hydrogen (secondary N) is 1. The van der Waals surface area contributed by atoms with Crippen LogP contribution in [0, 0.1) is 5.92 Å². The second-order valence-corrected chi connectivity index (χ2v) is 6.21. The zero-order chi connectivity index (χ0) is 16.7. The van der Waals surface area contributed by atoms with E-state index in [0.717, 1.165) is 12.0 Å². The highest BCUT2D eigenvalue weighted by Crippen LogP contribution is 2.30. The first kappa shape index (κ1) is 17.7. The molecule has 0 bridgehead atoms. The van der Waals surface area contributed by atoms with E-state index in [0.29, 0.717) is 5.92 Å². The summed E-state index contributed by atoms with van der Waals surface area (Å²) in [5.41, 5.74) is 0.798. The average molecular weight is 325 g/mol. The molecular weight excluding hydrogens is 300 g/mol. The summed E-state index contributed by atoms with van der Waals surface area (Å²) in [6.07, 6.45) is 7.28. The molecule has 0 saturated heterocycles. The highest BCUT2D eigenvalue weighted by Gasteiger charge is 2.27. The van der Waals surface area contributed by atoms with Crippen LogP contribution in [0.5, 0.6) is 5.75 Å². The Bertz CT molecular complexity index is 490. The first-order chi connectivity index (χ1) is 11.1. The normalized spacial score (nSPS) is 20.7. The van der Waals surface area contributed by atoms with E-state index in [1.807, 2.05) is 0 Å². The first-order valence-electron chi connectivity index (χ1n) is 8.41. The van der Waals surface area contributed by atoms with E-state index in [9.17, 15) is 13.6 Å². The molecule has 3 nitrogen and oxygen atoms in total. The molecule has 0 aliphatic heterocycles. The van der Waals surface area contributed by atoms with Crippen LogP contribution >= 0.6 is 0 Å². The number of rotatable bonds is 8. The lowest BCUT2D eigenvalue weighted by atomic mass is 9.96. The van der Waals surface area contributed by atoms with Gasteiger partial charge in [-0.1, -0.05) is 38.3 Å². The molecule has 1 amide bonds. The molecule has 5 heteroatoms. The van der Waals surface area contributed by atoms with Crippen molar-refractivity contribution >= 4 is 5.91 Å². The van der Waals surface area contributed by atoms with Crippen LogP contribution in [0.25, 0.3) is 0 Å². The van der Waals surface area contributed by atoms with E-state index in [1.165, 1.54) is 44.2 Å². The third kappa shape index (κ3) is 5.81. The Morgan fingerprint density at radius 1 is 1.30 bits per heavy atom. The van der Waals surface area contributed by atoms with E-state index in [-0.39, 0.29) is 24.1 Å². The number of hydrogen-bond acceptors (Lipinski definition) is 2. The highest BCUT2D eigenvalue weighted by molar-refractivity contribution is 5.79. The van der Waals surface area contributed by atoms with Gasteiger partial charge in [0.2, 0.25) is 5.91 Å². The predicted molar refractivity (Wildman–Crippen MR) is 85.6 cm³/mol. The van der Waals surface area contributed by atoms with Gasteiger partial charge < -0.3 is 10.1 Å². The molecule has 1 N–H and O–H groups in total. The number of carbonyl (C=O) groups excluding carboxylic acids is 1. The minimum atomic E-state index is -2.83. The van der Waals surface area contributed by atoms with Crippen molar-refractivity contribution in [1.82, 2.24) is 5.32 Å². The Morgan fingerprint density at radius 2 is 2.04 bits per heavy atom. The number of ether oxygens (including phenoxy) is 1. The first-order valence-corrected chi connectivity index (χ1v) is 8.41. The monoisotopic (exact) mass is 325 g/mol. The van der Waals surface area contributed by atoms with Gasteiger partial charge in [0.25, 0.3) is 0 Å². The SMILES string of the molecule is CCCCC1CCCC1NC(=O)Cc1ccc(OC(F)F)cc1. The maximum Gasteiger partial charge on any atom is 0.387 e. The number of unbranched alkanes of at least 4 members (excludes halogenated alkanes) is 1. The summed E-state index contributed by atoms with van der Waals surface area (Å²) < 4.78 is 28.5. The number of amides is 1. The molecule has 0 spiro atoms. The molecule has 0 radical (unpaired) electrons. The van der Waals surface area contributed by atoms with Crippen LogP contribution in [-0.2, 0) is 11.2 Å². The Balaban J connectivity index is 1.82. The van der Waals surface area contributed by atoms with Crippen LogP contribution in [0.1, 0.15) is 51.0 Å². The zero-order valence-corrected chi connectivity index (χ0v) is 13.6. The standard InChI is InChI=1S/C18H25F2NO2/c1-2-3-5-14-6-4-7-16(14)21-17(22)12-13-8-10-15(11-9-13)23-18(19)20/h8-11,14,16,18H,2-7,12H2,1H3,(H,21,22). The second kappa shape index (κ2) is 8.85. The van der Waals surface area contributed by atoms with Gasteiger partial charge in [0, 0.05) is 6.04 Å². The van der Waals surface area contributed by atoms with Crippen LogP contribution in [0.4, 0.5) is 8.78 Å². The Morgan fingerprint density at radius 3 is 2.70 bits per heavy atom. The fourth-order valence-electron chi connectivity index (χ4n) is 3.27. The third-order valence-electron chi connectivity index (χ3n) is 4.45. The molecule has 1 saturated carbocycles. The van der Waals surface area contributed by atoms with Crippen LogP contribution in [0.15, 0.2) is 24.3 Å². The average Bonchev–Trinajstić information content (AvgIpc) is 2.93. The van der Waals surface area contributed by atoms with Gasteiger partial charge in [0.1, 0.15) is 5.75 Å². The van der Waals surface area contributed by atoms with Crippen molar-refractivity contribution in [3.8, 4) is 5.75 Å². The predicted octanol–water partition coefficient (Wildman–Crippen LogP) is 4.31. The highest BCUT2D eigenvalue weighted by atomic mass is 19.3. The summed E-state index contributed by atoms with van der Waals surface area (Å²) in [6.45, 7) is -0.643. The van der Waals surface area contributed by atoms with Gasteiger partial charge in [-0.2, -0.15) is 8.78 Å². The van der Waals surface area contributed by atoms with Gasteiger partial charge in [0.05, 0.1) is 6.42 Å². The molecule has 128 valence electrons. The van der Waals surface area contributed by atoms with Gasteiger partial charge in [-0.05, 0) is 42.9 Å². The molecule has 1 aromatic carbocycles. The fourth-order valence-corrected chi connectivity index (χ4v) is 3.27. The van der Waals surface area contributed by atoms with Gasteiger partial charge in [0.15, 0.2) is 0 Å². The number of hydrogen-bond donors (Lipinski definition) is 1. The fraction of sp³-hybridized carbons (Fsp3) is 0.611. The minimum absolute atomic E-state index is 0.000858. The lowest BCUT2D eigenvalue weighted by molar-refractivity contribution is -0.121. The summed E-state index contributed by atoms with van der Waals surface area (Å²) in [5.74, 6) is 0.709. The summed E-state index contributed by atoms with van der Waals surface area (Å²) in [5, 5.41) is 3.14. The van der Waals surface area contributed by atoms with Crippen molar-refractivity contribution in [2.45, 2.75) is 64.5 Å². The zero-order valence-electron chi connectivity index (χ0n) is 13.6. The maximum atomic E-state index is 12.2. The molecule has 23 heavy (non-hydrogen) atoms. The molecule has 1 aromatic rings. The van der Waals surface area contributed by atoms with Crippen molar-refractivity contribution < 1.29 is 18.3 Å². The second-order valence-electron chi connectivity index (χ2n) is 6.21. The summed E-state index contributed by atoms with van der Waals surface area (Å²) in [7, 11) is 0. The van der Waals surface area contributed by atoms with E-state index in [4.69, 9.17) is 0 Å². The van der Waals surface area contributed by atoms with Crippen LogP contribution in [0.3, 0.4) is 0 Å². The van der Waals surface area contributed by atoms with E-state index >= 15 is 0 Å². The quantitative estimate of drug-likeness (QED) is 0.773. The van der Waals surface area contributed by atoms with Crippen molar-refractivity contribution in [1.29, 1.82) is 0 Å². The molecule has 2 rings (SSSR count). The molecule has 1 aliphatic carbocycles. The lowest BCUT2D eigenvalue weighted by Gasteiger charge is -2.21. The number of halogens is 2. The molecule has 1 aliphatic rings.